The second kappa shape index (κ2) is 4.02. The molecule has 0 fully saturated rings. The Bertz CT molecular complexity index is 299. The Kier molecular flexibility index (Phi) is 2.99. The third-order valence-electron chi connectivity index (χ3n) is 1.40. The molecule has 1 heterocycles. The summed E-state index contributed by atoms with van der Waals surface area (Å²) in [7, 11) is 0. The zero-order chi connectivity index (χ0) is 10.6. The van der Waals surface area contributed by atoms with Crippen molar-refractivity contribution in [3.8, 4) is 6.07 Å². The van der Waals surface area contributed by atoms with Crippen LogP contribution >= 0.6 is 0 Å². The maximum Gasteiger partial charge on any atom is 0.407 e. The number of rotatable bonds is 2. The molecule has 0 bridgehead atoms. The molecular formula is C7H7F3N4. The number of halogens is 3. The van der Waals surface area contributed by atoms with E-state index in [0.717, 1.165) is 11.1 Å². The highest BCUT2D eigenvalue weighted by Gasteiger charge is 2.32. The van der Waals surface area contributed by atoms with E-state index in [-0.39, 0.29) is 5.70 Å². The first-order chi connectivity index (χ1) is 6.53. The number of alkyl halides is 3. The average molecular weight is 204 g/mol. The van der Waals surface area contributed by atoms with Gasteiger partial charge in [0.1, 0.15) is 6.54 Å². The summed E-state index contributed by atoms with van der Waals surface area (Å²) >= 11 is 0. The fourth-order valence-corrected chi connectivity index (χ4v) is 0.897. The number of hydrazine groups is 2. The Hall–Kier alpha value is -1.68. The monoisotopic (exact) mass is 204 g/mol. The Balaban J connectivity index is 2.60. The standard InChI is InChI=1S/C7H7F3N4/c8-7(9,10)5-14-6(2-1-3-11)4-12-13-14/h1-2,4,12-13H,5H2/b2-1+. The fraction of sp³-hybridized carbons (Fsp3) is 0.286. The molecule has 0 radical (unpaired) electrons. The Labute approximate surface area is 78.2 Å². The lowest BCUT2D eigenvalue weighted by Gasteiger charge is -2.20. The fourth-order valence-electron chi connectivity index (χ4n) is 0.897. The highest BCUT2D eigenvalue weighted by molar-refractivity contribution is 5.22. The van der Waals surface area contributed by atoms with Crippen LogP contribution in [-0.4, -0.2) is 17.7 Å². The predicted molar refractivity (Wildman–Crippen MR) is 41.9 cm³/mol. The van der Waals surface area contributed by atoms with Crippen LogP contribution in [-0.2, 0) is 0 Å². The quantitative estimate of drug-likeness (QED) is 0.653. The second-order valence-corrected chi connectivity index (χ2v) is 2.49. The summed E-state index contributed by atoms with van der Waals surface area (Å²) in [5.41, 5.74) is 4.94. The van der Waals surface area contributed by atoms with Gasteiger partial charge in [0, 0.05) is 12.3 Å². The minimum atomic E-state index is -4.29. The maximum absolute atomic E-state index is 12.0. The van der Waals surface area contributed by atoms with Crippen molar-refractivity contribution in [2.45, 2.75) is 6.18 Å². The lowest BCUT2D eigenvalue weighted by Crippen LogP contribution is -2.42. The van der Waals surface area contributed by atoms with E-state index in [1.165, 1.54) is 12.3 Å². The zero-order valence-electron chi connectivity index (χ0n) is 6.97. The number of nitrogens with zero attached hydrogens (tertiary/aromatic N) is 2. The van der Waals surface area contributed by atoms with Gasteiger partial charge >= 0.3 is 6.18 Å². The van der Waals surface area contributed by atoms with E-state index in [2.05, 4.69) is 11.0 Å². The van der Waals surface area contributed by atoms with E-state index in [0.29, 0.717) is 0 Å². The van der Waals surface area contributed by atoms with Gasteiger partial charge in [0.2, 0.25) is 0 Å². The number of nitriles is 1. The van der Waals surface area contributed by atoms with Crippen molar-refractivity contribution in [1.29, 1.82) is 5.26 Å². The van der Waals surface area contributed by atoms with Crippen LogP contribution < -0.4 is 11.0 Å². The summed E-state index contributed by atoms with van der Waals surface area (Å²) in [5.74, 6) is 0. The molecule has 4 nitrogen and oxygen atoms in total. The van der Waals surface area contributed by atoms with E-state index >= 15 is 0 Å². The maximum atomic E-state index is 12.0. The predicted octanol–water partition coefficient (Wildman–Crippen LogP) is 0.795. The van der Waals surface area contributed by atoms with E-state index in [9.17, 15) is 13.2 Å². The summed E-state index contributed by atoms with van der Waals surface area (Å²) in [6.07, 6.45) is -0.583. The first kappa shape index (κ1) is 10.4. The summed E-state index contributed by atoms with van der Waals surface area (Å²) in [6, 6.07) is 1.69. The number of hydrogen-bond acceptors (Lipinski definition) is 4. The molecular weight excluding hydrogens is 197 g/mol. The normalized spacial score (nSPS) is 16.7. The van der Waals surface area contributed by atoms with Crippen LogP contribution in [0.1, 0.15) is 0 Å². The molecule has 0 aromatic rings. The van der Waals surface area contributed by atoms with Crippen LogP contribution in [0.4, 0.5) is 13.2 Å². The van der Waals surface area contributed by atoms with Gasteiger partial charge in [-0.15, -0.1) is 5.53 Å². The molecule has 14 heavy (non-hydrogen) atoms. The van der Waals surface area contributed by atoms with Crippen LogP contribution in [0.15, 0.2) is 24.0 Å². The molecule has 0 aliphatic carbocycles. The SMILES string of the molecule is N#C/C=C/C1=CNNN1CC(F)(F)F. The van der Waals surface area contributed by atoms with Gasteiger partial charge in [-0.2, -0.15) is 18.4 Å². The van der Waals surface area contributed by atoms with E-state index < -0.39 is 12.7 Å². The van der Waals surface area contributed by atoms with Crippen LogP contribution in [0.5, 0.6) is 0 Å². The van der Waals surface area contributed by atoms with Gasteiger partial charge in [0.15, 0.2) is 0 Å². The topological polar surface area (TPSA) is 51.1 Å². The molecule has 2 N–H and O–H groups in total. The van der Waals surface area contributed by atoms with E-state index in [1.807, 2.05) is 0 Å². The lowest BCUT2D eigenvalue weighted by atomic mass is 10.4. The van der Waals surface area contributed by atoms with Crippen molar-refractivity contribution in [2.75, 3.05) is 6.54 Å². The van der Waals surface area contributed by atoms with Crippen molar-refractivity contribution >= 4 is 0 Å². The minimum Gasteiger partial charge on any atom is -0.309 e. The minimum absolute atomic E-state index is 0.254. The van der Waals surface area contributed by atoms with Crippen LogP contribution in [0, 0.1) is 11.3 Å². The molecule has 0 unspecified atom stereocenters. The lowest BCUT2D eigenvalue weighted by molar-refractivity contribution is -0.146. The Morgan fingerprint density at radius 3 is 2.86 bits per heavy atom. The second-order valence-electron chi connectivity index (χ2n) is 2.49. The molecule has 0 aromatic heterocycles. The molecule has 0 spiro atoms. The zero-order valence-corrected chi connectivity index (χ0v) is 6.97. The highest BCUT2D eigenvalue weighted by atomic mass is 19.4. The molecule has 1 aliphatic rings. The molecule has 0 saturated heterocycles. The largest absolute Gasteiger partial charge is 0.407 e. The average Bonchev–Trinajstić information content (AvgIpc) is 2.45. The van der Waals surface area contributed by atoms with Gasteiger partial charge in [0.25, 0.3) is 0 Å². The summed E-state index contributed by atoms with van der Waals surface area (Å²) in [5, 5.41) is 9.05. The van der Waals surface area contributed by atoms with Gasteiger partial charge < -0.3 is 5.43 Å². The third-order valence-corrected chi connectivity index (χ3v) is 1.40. The highest BCUT2D eigenvalue weighted by Crippen LogP contribution is 2.19. The van der Waals surface area contributed by atoms with Crippen molar-refractivity contribution in [2.24, 2.45) is 0 Å². The van der Waals surface area contributed by atoms with Crippen molar-refractivity contribution < 1.29 is 13.2 Å². The molecule has 1 rings (SSSR count). The molecule has 0 atom stereocenters. The smallest absolute Gasteiger partial charge is 0.309 e. The number of nitrogens with one attached hydrogen (secondary N) is 2. The van der Waals surface area contributed by atoms with E-state index in [4.69, 9.17) is 5.26 Å². The third kappa shape index (κ3) is 2.99. The van der Waals surface area contributed by atoms with Gasteiger partial charge in [-0.25, -0.2) is 0 Å². The van der Waals surface area contributed by atoms with Gasteiger partial charge in [-0.1, -0.05) is 0 Å². The molecule has 1 aliphatic heterocycles. The molecule has 76 valence electrons. The van der Waals surface area contributed by atoms with Crippen molar-refractivity contribution in [3.05, 3.63) is 24.0 Å². The first-order valence-electron chi connectivity index (χ1n) is 3.65. The summed E-state index contributed by atoms with van der Waals surface area (Å²) < 4.78 is 35.9. The molecule has 0 aromatic carbocycles. The summed E-state index contributed by atoms with van der Waals surface area (Å²) in [4.78, 5) is 0. The van der Waals surface area contributed by atoms with Crippen LogP contribution in [0.3, 0.4) is 0 Å². The summed E-state index contributed by atoms with van der Waals surface area (Å²) in [6.45, 7) is -1.12. The van der Waals surface area contributed by atoms with Crippen LogP contribution in [0.2, 0.25) is 0 Å². The van der Waals surface area contributed by atoms with Crippen molar-refractivity contribution in [3.63, 3.8) is 0 Å². The van der Waals surface area contributed by atoms with Gasteiger partial charge in [-0.05, 0) is 6.08 Å². The van der Waals surface area contributed by atoms with Gasteiger partial charge in [0.05, 0.1) is 11.8 Å². The first-order valence-corrected chi connectivity index (χ1v) is 3.65. The molecule has 0 saturated carbocycles. The Morgan fingerprint density at radius 2 is 2.29 bits per heavy atom. The van der Waals surface area contributed by atoms with Crippen molar-refractivity contribution in [1.82, 2.24) is 16.0 Å². The number of hydrogen-bond donors (Lipinski definition) is 2. The molecule has 7 heteroatoms. The Morgan fingerprint density at radius 1 is 1.57 bits per heavy atom. The number of allylic oxidation sites excluding steroid dienone is 2. The van der Waals surface area contributed by atoms with Crippen LogP contribution in [0.25, 0.3) is 0 Å². The van der Waals surface area contributed by atoms with E-state index in [1.54, 1.807) is 6.07 Å². The molecule has 0 amide bonds. The van der Waals surface area contributed by atoms with Gasteiger partial charge in [-0.3, -0.25) is 5.01 Å².